The number of hydrogen-bond donors (Lipinski definition) is 6. The second-order valence-corrected chi connectivity index (χ2v) is 6.81. The zero-order valence-corrected chi connectivity index (χ0v) is 12.5. The fourth-order valence-electron chi connectivity index (χ4n) is 2.83. The molecule has 0 aliphatic carbocycles. The Morgan fingerprint density at radius 1 is 1.43 bits per heavy atom. The number of ether oxygens (including phenoxy) is 1. The van der Waals surface area contributed by atoms with Crippen LogP contribution in [0.5, 0.6) is 0 Å². The van der Waals surface area contributed by atoms with Crippen molar-refractivity contribution in [1.82, 2.24) is 14.9 Å². The van der Waals surface area contributed by atoms with Crippen LogP contribution in [0.4, 0.5) is 5.82 Å². The van der Waals surface area contributed by atoms with E-state index in [2.05, 4.69) is 15.6 Å². The number of aromatic nitrogens is 2. The first kappa shape index (κ1) is 15.2. The number of carbonyl (C=O) groups excluding carboxylic acids is 1. The SMILES string of the molecule is NC1NC(=O)c2ncn([C@@H]3O[C@@H]4CO[P+](O)(O)O[C@H]4[C@H]3O)c2N1. The van der Waals surface area contributed by atoms with Crippen molar-refractivity contribution in [3.63, 3.8) is 0 Å². The highest BCUT2D eigenvalue weighted by Gasteiger charge is 2.59. The van der Waals surface area contributed by atoms with E-state index in [9.17, 15) is 19.7 Å². The second-order valence-electron chi connectivity index (χ2n) is 5.36. The van der Waals surface area contributed by atoms with Gasteiger partial charge in [0.25, 0.3) is 5.91 Å². The smallest absolute Gasteiger partial charge is 0.385 e. The molecule has 0 bridgehead atoms. The lowest BCUT2D eigenvalue weighted by Gasteiger charge is -2.25. The quantitative estimate of drug-likeness (QED) is 0.301. The lowest BCUT2D eigenvalue weighted by atomic mass is 10.1. The Bertz CT molecular complexity index is 654. The molecule has 2 saturated heterocycles. The van der Waals surface area contributed by atoms with E-state index in [0.29, 0.717) is 5.82 Å². The number of anilines is 1. The Morgan fingerprint density at radius 2 is 2.22 bits per heavy atom. The molecule has 13 heteroatoms. The Hall–Kier alpha value is -1.37. The Balaban J connectivity index is 1.64. The highest BCUT2D eigenvalue weighted by molar-refractivity contribution is 7.54. The predicted molar refractivity (Wildman–Crippen MR) is 73.4 cm³/mol. The van der Waals surface area contributed by atoms with Gasteiger partial charge < -0.3 is 20.5 Å². The van der Waals surface area contributed by atoms with E-state index in [4.69, 9.17) is 19.5 Å². The molecule has 4 rings (SSSR count). The van der Waals surface area contributed by atoms with Gasteiger partial charge in [-0.3, -0.25) is 15.1 Å². The third kappa shape index (κ3) is 2.40. The molecule has 3 aliphatic heterocycles. The minimum Gasteiger partial charge on any atom is -0.385 e. The van der Waals surface area contributed by atoms with E-state index in [-0.39, 0.29) is 12.3 Å². The summed E-state index contributed by atoms with van der Waals surface area (Å²) in [6.45, 7) is -0.136. The Labute approximate surface area is 129 Å². The van der Waals surface area contributed by atoms with Gasteiger partial charge in [-0.2, -0.15) is 14.3 Å². The summed E-state index contributed by atoms with van der Waals surface area (Å²) >= 11 is 0. The van der Waals surface area contributed by atoms with Crippen molar-refractivity contribution in [3.8, 4) is 0 Å². The molecule has 4 heterocycles. The monoisotopic (exact) mass is 348 g/mol. The van der Waals surface area contributed by atoms with Gasteiger partial charge in [-0.1, -0.05) is 0 Å². The van der Waals surface area contributed by atoms with E-state index in [1.165, 1.54) is 10.9 Å². The van der Waals surface area contributed by atoms with Crippen LogP contribution in [0.1, 0.15) is 16.7 Å². The minimum atomic E-state index is -3.95. The number of aliphatic hydroxyl groups excluding tert-OH is 1. The molecule has 1 aromatic heterocycles. The van der Waals surface area contributed by atoms with Crippen LogP contribution in [-0.2, 0) is 13.8 Å². The van der Waals surface area contributed by atoms with Gasteiger partial charge in [0.15, 0.2) is 24.3 Å². The molecule has 12 nitrogen and oxygen atoms in total. The molecule has 23 heavy (non-hydrogen) atoms. The van der Waals surface area contributed by atoms with Crippen LogP contribution < -0.4 is 16.4 Å². The summed E-state index contributed by atoms with van der Waals surface area (Å²) in [5, 5.41) is 15.7. The molecule has 3 aliphatic rings. The molecule has 0 saturated carbocycles. The minimum absolute atomic E-state index is 0.112. The summed E-state index contributed by atoms with van der Waals surface area (Å²) in [5.74, 6) is -0.163. The molecule has 0 spiro atoms. The first-order valence-corrected chi connectivity index (χ1v) is 8.29. The van der Waals surface area contributed by atoms with Gasteiger partial charge in [-0.25, -0.2) is 4.98 Å². The highest BCUT2D eigenvalue weighted by Crippen LogP contribution is 2.59. The number of rotatable bonds is 1. The number of nitrogens with zero attached hydrogens (tertiary/aromatic N) is 2. The average molecular weight is 348 g/mol. The maximum Gasteiger partial charge on any atom is 0.570 e. The predicted octanol–water partition coefficient (Wildman–Crippen LogP) is -2.38. The number of imidazole rings is 1. The van der Waals surface area contributed by atoms with Crippen molar-refractivity contribution in [3.05, 3.63) is 12.0 Å². The number of aliphatic hydroxyl groups is 1. The average Bonchev–Trinajstić information content (AvgIpc) is 3.00. The van der Waals surface area contributed by atoms with Crippen molar-refractivity contribution >= 4 is 19.9 Å². The van der Waals surface area contributed by atoms with Gasteiger partial charge in [-0.05, 0) is 0 Å². The topological polar surface area (TPSA) is 173 Å². The van der Waals surface area contributed by atoms with Crippen molar-refractivity contribution < 1.29 is 33.5 Å². The van der Waals surface area contributed by atoms with Gasteiger partial charge in [0.05, 0.1) is 6.33 Å². The number of nitrogens with one attached hydrogen (secondary N) is 2. The lowest BCUT2D eigenvalue weighted by Crippen LogP contribution is -2.51. The number of carbonyl (C=O) groups is 1. The summed E-state index contributed by atoms with van der Waals surface area (Å²) in [7, 11) is -3.95. The van der Waals surface area contributed by atoms with E-state index in [1.807, 2.05) is 0 Å². The van der Waals surface area contributed by atoms with Crippen LogP contribution >= 0.6 is 8.17 Å². The van der Waals surface area contributed by atoms with Crippen LogP contribution in [0.25, 0.3) is 0 Å². The number of nitrogens with two attached hydrogens (primary N) is 1. The van der Waals surface area contributed by atoms with Gasteiger partial charge in [0, 0.05) is 0 Å². The van der Waals surface area contributed by atoms with Crippen molar-refractivity contribution in [2.45, 2.75) is 30.8 Å². The van der Waals surface area contributed by atoms with E-state index < -0.39 is 44.9 Å². The zero-order valence-electron chi connectivity index (χ0n) is 11.6. The highest BCUT2D eigenvalue weighted by atomic mass is 31.2. The maximum absolute atomic E-state index is 11.8. The molecule has 1 unspecified atom stereocenters. The van der Waals surface area contributed by atoms with E-state index >= 15 is 0 Å². The molecule has 1 amide bonds. The molecule has 5 atom stereocenters. The lowest BCUT2D eigenvalue weighted by molar-refractivity contribution is -0.0751. The van der Waals surface area contributed by atoms with Crippen LogP contribution in [0, 0.1) is 0 Å². The Morgan fingerprint density at radius 3 is 3.00 bits per heavy atom. The first-order valence-electron chi connectivity index (χ1n) is 6.76. The summed E-state index contributed by atoms with van der Waals surface area (Å²) < 4.78 is 16.8. The first-order chi connectivity index (χ1) is 10.9. The molecule has 2 fully saturated rings. The van der Waals surface area contributed by atoms with Crippen molar-refractivity contribution in [2.75, 3.05) is 11.9 Å². The van der Waals surface area contributed by atoms with E-state index in [0.717, 1.165) is 0 Å². The molecule has 7 N–H and O–H groups in total. The summed E-state index contributed by atoms with van der Waals surface area (Å²) in [5.41, 5.74) is 5.77. The molecular weight excluding hydrogens is 333 g/mol. The third-order valence-electron chi connectivity index (χ3n) is 3.84. The van der Waals surface area contributed by atoms with Gasteiger partial charge >= 0.3 is 8.17 Å². The molecule has 1 aromatic rings. The van der Waals surface area contributed by atoms with Gasteiger partial charge in [0.1, 0.15) is 24.6 Å². The fourth-order valence-corrected chi connectivity index (χ4v) is 3.81. The van der Waals surface area contributed by atoms with Crippen molar-refractivity contribution in [2.24, 2.45) is 5.73 Å². The summed E-state index contributed by atoms with van der Waals surface area (Å²) in [6, 6.07) is 0. The number of amides is 1. The number of fused-ring (bicyclic) bond motifs is 2. The molecule has 0 aromatic carbocycles. The van der Waals surface area contributed by atoms with Crippen LogP contribution in [0.15, 0.2) is 6.33 Å². The zero-order chi connectivity index (χ0) is 16.4. The largest absolute Gasteiger partial charge is 0.570 e. The summed E-state index contributed by atoms with van der Waals surface area (Å²) in [6.07, 6.45) is -3.31. The van der Waals surface area contributed by atoms with Crippen LogP contribution in [0.2, 0.25) is 0 Å². The normalized spacial score (nSPS) is 38.4. The standard InChI is InChI=1S/C10H14N5O7P/c11-10-13-7-4(8(17)14-10)12-2-15(7)9-5(16)6-3(21-9)1-20-23(18,19)22-6/h2-3,5-6,9-10,16,18-19H,1,11H2,(H-,13,14,17)/p+1/t3-,5-,6-,9-,10?/m1/s1. The van der Waals surface area contributed by atoms with Crippen molar-refractivity contribution in [1.29, 1.82) is 0 Å². The number of hydrogen-bond acceptors (Lipinski definition) is 10. The molecular formula is C10H15N5O7P+. The Kier molecular flexibility index (Phi) is 3.34. The van der Waals surface area contributed by atoms with E-state index in [1.54, 1.807) is 0 Å². The van der Waals surface area contributed by atoms with Crippen LogP contribution in [0.3, 0.4) is 0 Å². The maximum atomic E-state index is 11.8. The van der Waals surface area contributed by atoms with Gasteiger partial charge in [0.2, 0.25) is 0 Å². The summed E-state index contributed by atoms with van der Waals surface area (Å²) in [4.78, 5) is 34.7. The van der Waals surface area contributed by atoms with Crippen LogP contribution in [-0.4, -0.2) is 61.6 Å². The molecule has 0 radical (unpaired) electrons. The molecule has 126 valence electrons. The second kappa shape index (κ2) is 5.06. The fraction of sp³-hybridized carbons (Fsp3) is 0.600. The van der Waals surface area contributed by atoms with Gasteiger partial charge in [-0.15, -0.1) is 4.52 Å². The third-order valence-corrected chi connectivity index (χ3v) is 4.84.